The number of fused-ring (bicyclic) bond motifs is 1. The first-order valence-corrected chi connectivity index (χ1v) is 7.51. The van der Waals surface area contributed by atoms with Crippen molar-refractivity contribution in [3.8, 4) is 6.07 Å². The van der Waals surface area contributed by atoms with Crippen LogP contribution < -0.4 is 10.5 Å². The molecule has 0 saturated heterocycles. The molecule has 0 fully saturated rings. The molecule has 0 N–H and O–H groups in total. The summed E-state index contributed by atoms with van der Waals surface area (Å²) in [6.07, 6.45) is 1.50. The van der Waals surface area contributed by atoms with E-state index in [-0.39, 0.29) is 16.2 Å². The van der Waals surface area contributed by atoms with Crippen molar-refractivity contribution in [2.45, 2.75) is 13.8 Å². The lowest BCUT2D eigenvalue weighted by molar-refractivity contribution is -0.104. The van der Waals surface area contributed by atoms with Crippen LogP contribution in [-0.4, -0.2) is 19.4 Å². The third-order valence-electron chi connectivity index (χ3n) is 3.55. The standard InChI is InChI=1S/C17H15ClN2O3/c1-3-20(4-2)12-5-6-13-15(8-12)23-17(22)14(16(13)18)7-11(9-19)10-21/h5-8,10H,3-4H2,1-2H3/b11-7+. The maximum Gasteiger partial charge on any atom is 0.345 e. The SMILES string of the molecule is CCN(CC)c1ccc2c(Cl)c(/C=C(\C#N)C=O)c(=O)oc2c1. The molecule has 23 heavy (non-hydrogen) atoms. The van der Waals surface area contributed by atoms with Gasteiger partial charge in [-0.3, -0.25) is 4.79 Å². The van der Waals surface area contributed by atoms with Gasteiger partial charge in [0.2, 0.25) is 0 Å². The van der Waals surface area contributed by atoms with Crippen molar-refractivity contribution in [3.05, 3.63) is 44.8 Å². The molecule has 118 valence electrons. The van der Waals surface area contributed by atoms with Gasteiger partial charge in [-0.15, -0.1) is 0 Å². The van der Waals surface area contributed by atoms with Crippen LogP contribution >= 0.6 is 11.6 Å². The van der Waals surface area contributed by atoms with Crippen LogP contribution in [0, 0.1) is 11.3 Å². The van der Waals surface area contributed by atoms with Crippen molar-refractivity contribution in [2.24, 2.45) is 0 Å². The first-order valence-electron chi connectivity index (χ1n) is 7.13. The van der Waals surface area contributed by atoms with Gasteiger partial charge in [-0.2, -0.15) is 5.26 Å². The van der Waals surface area contributed by atoms with Gasteiger partial charge in [0, 0.05) is 30.2 Å². The summed E-state index contributed by atoms with van der Waals surface area (Å²) in [5.41, 5.74) is 0.410. The smallest absolute Gasteiger partial charge is 0.345 e. The maximum absolute atomic E-state index is 12.1. The van der Waals surface area contributed by atoms with Crippen molar-refractivity contribution >= 4 is 40.6 Å². The van der Waals surface area contributed by atoms with Gasteiger partial charge in [-0.1, -0.05) is 11.6 Å². The molecule has 6 heteroatoms. The highest BCUT2D eigenvalue weighted by molar-refractivity contribution is 6.36. The van der Waals surface area contributed by atoms with Crippen molar-refractivity contribution in [2.75, 3.05) is 18.0 Å². The Labute approximate surface area is 138 Å². The summed E-state index contributed by atoms with van der Waals surface area (Å²) in [4.78, 5) is 25.0. The van der Waals surface area contributed by atoms with Gasteiger partial charge in [0.25, 0.3) is 0 Å². The van der Waals surface area contributed by atoms with E-state index in [1.54, 1.807) is 18.2 Å². The first-order chi connectivity index (χ1) is 11.0. The van der Waals surface area contributed by atoms with Crippen LogP contribution in [0.4, 0.5) is 5.69 Å². The first kappa shape index (κ1) is 16.8. The predicted octanol–water partition coefficient (Wildman–Crippen LogP) is 3.40. The molecule has 0 atom stereocenters. The molecule has 2 aromatic rings. The molecule has 0 unspecified atom stereocenters. The van der Waals surface area contributed by atoms with Crippen molar-refractivity contribution in [1.29, 1.82) is 5.26 Å². The van der Waals surface area contributed by atoms with Crippen molar-refractivity contribution in [1.82, 2.24) is 0 Å². The number of carbonyl (C=O) groups is 1. The van der Waals surface area contributed by atoms with Gasteiger partial charge in [-0.25, -0.2) is 4.79 Å². The van der Waals surface area contributed by atoms with Gasteiger partial charge in [0.05, 0.1) is 16.2 Å². The van der Waals surface area contributed by atoms with E-state index in [0.717, 1.165) is 24.9 Å². The lowest BCUT2D eigenvalue weighted by atomic mass is 10.1. The fourth-order valence-corrected chi connectivity index (χ4v) is 2.61. The number of benzene rings is 1. The number of halogens is 1. The van der Waals surface area contributed by atoms with Crippen LogP contribution in [0.3, 0.4) is 0 Å². The second-order valence-electron chi connectivity index (χ2n) is 4.80. The summed E-state index contributed by atoms with van der Waals surface area (Å²) >= 11 is 6.26. The highest BCUT2D eigenvalue weighted by Gasteiger charge is 2.13. The zero-order valence-corrected chi connectivity index (χ0v) is 13.6. The van der Waals surface area contributed by atoms with E-state index in [1.165, 1.54) is 0 Å². The summed E-state index contributed by atoms with van der Waals surface area (Å²) in [5.74, 6) is 0. The largest absolute Gasteiger partial charge is 0.422 e. The monoisotopic (exact) mass is 330 g/mol. The Kier molecular flexibility index (Phi) is 5.20. The summed E-state index contributed by atoms with van der Waals surface area (Å²) in [5, 5.41) is 9.52. The number of hydrogen-bond donors (Lipinski definition) is 0. The molecular weight excluding hydrogens is 316 g/mol. The molecule has 0 spiro atoms. The van der Waals surface area contributed by atoms with E-state index in [9.17, 15) is 9.59 Å². The van der Waals surface area contributed by atoms with E-state index in [1.807, 2.05) is 19.9 Å². The number of nitrogens with zero attached hydrogens (tertiary/aromatic N) is 2. The van der Waals surface area contributed by atoms with Crippen LogP contribution in [0.5, 0.6) is 0 Å². The molecular formula is C17H15ClN2O3. The number of anilines is 1. The second kappa shape index (κ2) is 7.12. The third kappa shape index (κ3) is 3.27. The number of nitriles is 1. The van der Waals surface area contributed by atoms with E-state index in [2.05, 4.69) is 4.90 Å². The van der Waals surface area contributed by atoms with Gasteiger partial charge < -0.3 is 9.32 Å². The maximum atomic E-state index is 12.1. The van der Waals surface area contributed by atoms with Crippen LogP contribution in [0.2, 0.25) is 5.02 Å². The molecule has 2 rings (SSSR count). The number of rotatable bonds is 5. The van der Waals surface area contributed by atoms with E-state index >= 15 is 0 Å². The normalized spacial score (nSPS) is 11.3. The lowest BCUT2D eigenvalue weighted by Gasteiger charge is -2.21. The Balaban J connectivity index is 2.68. The molecule has 1 aromatic carbocycles. The van der Waals surface area contributed by atoms with Crippen LogP contribution in [0.1, 0.15) is 19.4 Å². The minimum absolute atomic E-state index is 0.00148. The van der Waals surface area contributed by atoms with Gasteiger partial charge >= 0.3 is 5.63 Å². The molecule has 0 aliphatic carbocycles. The Bertz CT molecular complexity index is 874. The molecule has 0 bridgehead atoms. The second-order valence-corrected chi connectivity index (χ2v) is 5.18. The Hall–Kier alpha value is -2.58. The van der Waals surface area contributed by atoms with Gasteiger partial charge in [0.1, 0.15) is 11.7 Å². The number of allylic oxidation sites excluding steroid dienone is 1. The van der Waals surface area contributed by atoms with Crippen LogP contribution in [0.25, 0.3) is 17.0 Å². The summed E-state index contributed by atoms with van der Waals surface area (Å²) in [6, 6.07) is 7.10. The predicted molar refractivity (Wildman–Crippen MR) is 90.7 cm³/mol. The van der Waals surface area contributed by atoms with E-state index in [0.29, 0.717) is 17.3 Å². The minimum Gasteiger partial charge on any atom is -0.422 e. The summed E-state index contributed by atoms with van der Waals surface area (Å²) in [7, 11) is 0. The van der Waals surface area contributed by atoms with Crippen LogP contribution in [0.15, 0.2) is 33.0 Å². The van der Waals surface area contributed by atoms with Crippen molar-refractivity contribution in [3.63, 3.8) is 0 Å². The van der Waals surface area contributed by atoms with Gasteiger partial charge in [-0.05, 0) is 32.1 Å². The fourth-order valence-electron chi connectivity index (χ4n) is 2.32. The zero-order valence-electron chi connectivity index (χ0n) is 12.8. The summed E-state index contributed by atoms with van der Waals surface area (Å²) in [6.45, 7) is 5.72. The highest BCUT2D eigenvalue weighted by atomic mass is 35.5. The van der Waals surface area contributed by atoms with Crippen LogP contribution in [-0.2, 0) is 4.79 Å². The molecule has 0 saturated carbocycles. The van der Waals surface area contributed by atoms with Gasteiger partial charge in [0.15, 0.2) is 6.29 Å². The zero-order chi connectivity index (χ0) is 17.0. The summed E-state index contributed by atoms with van der Waals surface area (Å²) < 4.78 is 5.31. The highest BCUT2D eigenvalue weighted by Crippen LogP contribution is 2.29. The minimum atomic E-state index is -0.686. The Morgan fingerprint density at radius 1 is 1.39 bits per heavy atom. The number of aldehydes is 1. The fraction of sp³-hybridized carbons (Fsp3) is 0.235. The number of hydrogen-bond acceptors (Lipinski definition) is 5. The molecule has 5 nitrogen and oxygen atoms in total. The molecule has 1 heterocycles. The Morgan fingerprint density at radius 3 is 2.65 bits per heavy atom. The van der Waals surface area contributed by atoms with Crippen molar-refractivity contribution < 1.29 is 9.21 Å². The average molecular weight is 331 g/mol. The van der Waals surface area contributed by atoms with E-state index < -0.39 is 5.63 Å². The lowest BCUT2D eigenvalue weighted by Crippen LogP contribution is -2.21. The molecule has 0 amide bonds. The average Bonchev–Trinajstić information content (AvgIpc) is 2.56. The Morgan fingerprint density at radius 2 is 2.09 bits per heavy atom. The molecule has 0 aliphatic rings. The third-order valence-corrected chi connectivity index (χ3v) is 3.95. The quantitative estimate of drug-likeness (QED) is 0.363. The number of carbonyl (C=O) groups excluding carboxylic acids is 1. The molecule has 0 radical (unpaired) electrons. The molecule has 0 aliphatic heterocycles. The van der Waals surface area contributed by atoms with E-state index in [4.69, 9.17) is 21.3 Å². The topological polar surface area (TPSA) is 74.3 Å². The molecule has 1 aromatic heterocycles.